The summed E-state index contributed by atoms with van der Waals surface area (Å²) in [5, 5.41) is 7.58. The summed E-state index contributed by atoms with van der Waals surface area (Å²) >= 11 is 0. The normalized spacial score (nSPS) is 21.4. The van der Waals surface area contributed by atoms with E-state index in [4.69, 9.17) is 0 Å². The Kier molecular flexibility index (Phi) is 5.20. The molecular weight excluding hydrogens is 340 g/mol. The molecule has 1 aliphatic heterocycles. The first kappa shape index (κ1) is 18.1. The largest absolute Gasteiger partial charge is 0.337 e. The molecular formula is C20H28N6O. The Labute approximate surface area is 160 Å². The number of amides is 1. The second-order valence-electron chi connectivity index (χ2n) is 8.13. The molecule has 1 saturated carbocycles. The van der Waals surface area contributed by atoms with Crippen LogP contribution < -0.4 is 0 Å². The number of hydrogen-bond donors (Lipinski definition) is 0. The van der Waals surface area contributed by atoms with E-state index in [-0.39, 0.29) is 5.91 Å². The van der Waals surface area contributed by atoms with Crippen molar-refractivity contribution < 1.29 is 4.79 Å². The highest BCUT2D eigenvalue weighted by atomic mass is 16.2. The molecule has 0 bridgehead atoms. The van der Waals surface area contributed by atoms with Crippen molar-refractivity contribution in [2.24, 2.45) is 11.8 Å². The molecule has 0 aromatic carbocycles. The second-order valence-corrected chi connectivity index (χ2v) is 8.13. The van der Waals surface area contributed by atoms with Gasteiger partial charge < -0.3 is 4.90 Å². The van der Waals surface area contributed by atoms with E-state index in [1.54, 1.807) is 23.4 Å². The molecule has 2 aromatic rings. The molecule has 2 aromatic heterocycles. The Morgan fingerprint density at radius 2 is 1.96 bits per heavy atom. The summed E-state index contributed by atoms with van der Waals surface area (Å²) in [7, 11) is 0. The quantitative estimate of drug-likeness (QED) is 0.810. The average Bonchev–Trinajstić information content (AvgIpc) is 3.38. The van der Waals surface area contributed by atoms with E-state index in [1.165, 1.54) is 19.4 Å². The predicted octanol–water partition coefficient (Wildman–Crippen LogP) is 2.24. The zero-order chi connectivity index (χ0) is 18.8. The third-order valence-electron chi connectivity index (χ3n) is 5.67. The first-order valence-corrected chi connectivity index (χ1v) is 9.96. The molecule has 1 saturated heterocycles. The van der Waals surface area contributed by atoms with Gasteiger partial charge in [0, 0.05) is 38.4 Å². The minimum absolute atomic E-state index is 0.0803. The molecule has 1 atom stereocenters. The molecule has 7 heteroatoms. The van der Waals surface area contributed by atoms with Gasteiger partial charge in [-0.3, -0.25) is 14.3 Å². The van der Waals surface area contributed by atoms with Gasteiger partial charge in [0.05, 0.1) is 5.56 Å². The first-order valence-electron chi connectivity index (χ1n) is 9.96. The Bertz CT molecular complexity index is 753. The average molecular weight is 368 g/mol. The third-order valence-corrected chi connectivity index (χ3v) is 5.67. The molecule has 0 radical (unpaired) electrons. The molecule has 2 fully saturated rings. The SMILES string of the molecule is CC(C)C1CN(C(=O)c2ccc(-n3cnnc3)nc2)CCCN1CC1CC1. The number of pyridine rings is 1. The van der Waals surface area contributed by atoms with E-state index in [1.807, 2.05) is 17.0 Å². The van der Waals surface area contributed by atoms with Gasteiger partial charge in [-0.25, -0.2) is 4.98 Å². The molecule has 1 unspecified atom stereocenters. The van der Waals surface area contributed by atoms with E-state index in [2.05, 4.69) is 33.9 Å². The van der Waals surface area contributed by atoms with Crippen molar-refractivity contribution in [1.82, 2.24) is 29.5 Å². The second kappa shape index (κ2) is 7.76. The Hall–Kier alpha value is -2.28. The summed E-state index contributed by atoms with van der Waals surface area (Å²) in [6, 6.07) is 4.12. The van der Waals surface area contributed by atoms with E-state index in [0.29, 0.717) is 23.3 Å². The number of carbonyl (C=O) groups excluding carboxylic acids is 1. The monoisotopic (exact) mass is 368 g/mol. The summed E-state index contributed by atoms with van der Waals surface area (Å²) in [6.07, 6.45) is 8.63. The molecule has 144 valence electrons. The molecule has 3 heterocycles. The number of aromatic nitrogens is 4. The maximum atomic E-state index is 13.1. The van der Waals surface area contributed by atoms with Crippen LogP contribution in [0.1, 0.15) is 43.5 Å². The van der Waals surface area contributed by atoms with Gasteiger partial charge in [0.1, 0.15) is 18.5 Å². The Morgan fingerprint density at radius 1 is 1.19 bits per heavy atom. The summed E-state index contributed by atoms with van der Waals surface area (Å²) in [6.45, 7) is 8.45. The molecule has 27 heavy (non-hydrogen) atoms. The van der Waals surface area contributed by atoms with Gasteiger partial charge in [0.2, 0.25) is 0 Å². The fourth-order valence-corrected chi connectivity index (χ4v) is 3.91. The molecule has 2 aliphatic rings. The predicted molar refractivity (Wildman–Crippen MR) is 103 cm³/mol. The van der Waals surface area contributed by atoms with Crippen molar-refractivity contribution in [3.63, 3.8) is 0 Å². The standard InChI is InChI=1S/C20H28N6O/c1-15(2)18-12-25(9-3-8-24(18)11-16-4-5-16)20(27)17-6-7-19(21-10-17)26-13-22-23-14-26/h6-7,10,13-16,18H,3-5,8-9,11-12H2,1-2H3. The molecule has 1 aliphatic carbocycles. The van der Waals surface area contributed by atoms with Gasteiger partial charge in [-0.05, 0) is 43.2 Å². The highest BCUT2D eigenvalue weighted by Crippen LogP contribution is 2.32. The van der Waals surface area contributed by atoms with Crippen molar-refractivity contribution in [2.75, 3.05) is 26.2 Å². The molecule has 0 spiro atoms. The smallest absolute Gasteiger partial charge is 0.255 e. The van der Waals surface area contributed by atoms with Crippen LogP contribution in [0.2, 0.25) is 0 Å². The fraction of sp³-hybridized carbons (Fsp3) is 0.600. The van der Waals surface area contributed by atoms with Crippen molar-refractivity contribution in [3.05, 3.63) is 36.5 Å². The van der Waals surface area contributed by atoms with Crippen molar-refractivity contribution >= 4 is 5.91 Å². The van der Waals surface area contributed by atoms with Gasteiger partial charge in [-0.1, -0.05) is 13.8 Å². The topological polar surface area (TPSA) is 67.2 Å². The van der Waals surface area contributed by atoms with E-state index in [9.17, 15) is 4.79 Å². The van der Waals surface area contributed by atoms with Crippen LogP contribution in [0.15, 0.2) is 31.0 Å². The lowest BCUT2D eigenvalue weighted by Crippen LogP contribution is -2.46. The molecule has 1 amide bonds. The highest BCUT2D eigenvalue weighted by Gasteiger charge is 2.33. The minimum Gasteiger partial charge on any atom is -0.337 e. The van der Waals surface area contributed by atoms with Crippen LogP contribution in [-0.2, 0) is 0 Å². The summed E-state index contributed by atoms with van der Waals surface area (Å²) < 4.78 is 1.73. The Morgan fingerprint density at radius 3 is 2.59 bits per heavy atom. The van der Waals surface area contributed by atoms with Gasteiger partial charge >= 0.3 is 0 Å². The lowest BCUT2D eigenvalue weighted by atomic mass is 10.0. The summed E-state index contributed by atoms with van der Waals surface area (Å²) in [4.78, 5) is 22.1. The lowest BCUT2D eigenvalue weighted by Gasteiger charge is -2.34. The van der Waals surface area contributed by atoms with Gasteiger partial charge in [0.15, 0.2) is 0 Å². The van der Waals surface area contributed by atoms with E-state index >= 15 is 0 Å². The van der Waals surface area contributed by atoms with Crippen LogP contribution in [0.5, 0.6) is 0 Å². The van der Waals surface area contributed by atoms with E-state index < -0.39 is 0 Å². The number of hydrogen-bond acceptors (Lipinski definition) is 5. The lowest BCUT2D eigenvalue weighted by molar-refractivity contribution is 0.0704. The molecule has 4 rings (SSSR count). The fourth-order valence-electron chi connectivity index (χ4n) is 3.91. The van der Waals surface area contributed by atoms with Crippen LogP contribution in [0.4, 0.5) is 0 Å². The van der Waals surface area contributed by atoms with Gasteiger partial charge in [0.25, 0.3) is 5.91 Å². The number of carbonyl (C=O) groups is 1. The van der Waals surface area contributed by atoms with Crippen molar-refractivity contribution in [1.29, 1.82) is 0 Å². The van der Waals surface area contributed by atoms with Crippen molar-refractivity contribution in [2.45, 2.75) is 39.2 Å². The molecule has 0 N–H and O–H groups in total. The van der Waals surface area contributed by atoms with Crippen molar-refractivity contribution in [3.8, 4) is 5.82 Å². The zero-order valence-corrected chi connectivity index (χ0v) is 16.2. The number of nitrogens with zero attached hydrogens (tertiary/aromatic N) is 6. The van der Waals surface area contributed by atoms with Gasteiger partial charge in [-0.2, -0.15) is 0 Å². The molecule has 7 nitrogen and oxygen atoms in total. The van der Waals surface area contributed by atoms with Crippen LogP contribution in [0.25, 0.3) is 5.82 Å². The zero-order valence-electron chi connectivity index (χ0n) is 16.2. The van der Waals surface area contributed by atoms with Crippen LogP contribution in [0, 0.1) is 11.8 Å². The van der Waals surface area contributed by atoms with Crippen LogP contribution in [-0.4, -0.2) is 67.7 Å². The van der Waals surface area contributed by atoms with Crippen LogP contribution in [0.3, 0.4) is 0 Å². The maximum Gasteiger partial charge on any atom is 0.255 e. The minimum atomic E-state index is 0.0803. The third kappa shape index (κ3) is 4.18. The maximum absolute atomic E-state index is 13.1. The Balaban J connectivity index is 1.47. The van der Waals surface area contributed by atoms with E-state index in [0.717, 1.165) is 32.0 Å². The summed E-state index contributed by atoms with van der Waals surface area (Å²) in [5.41, 5.74) is 0.643. The van der Waals surface area contributed by atoms with Crippen LogP contribution >= 0.6 is 0 Å². The van der Waals surface area contributed by atoms with Gasteiger partial charge in [-0.15, -0.1) is 10.2 Å². The first-order chi connectivity index (χ1) is 13.1. The summed E-state index contributed by atoms with van der Waals surface area (Å²) in [5.74, 6) is 2.20. The highest BCUT2D eigenvalue weighted by molar-refractivity contribution is 5.94. The number of rotatable bonds is 5.